The minimum atomic E-state index is -3.98. The largest absolute Gasteiger partial charge is 0.454 e. The van der Waals surface area contributed by atoms with Gasteiger partial charge >= 0.3 is 5.97 Å². The van der Waals surface area contributed by atoms with Crippen LogP contribution in [-0.2, 0) is 21.3 Å². The fourth-order valence-corrected chi connectivity index (χ4v) is 6.01. The lowest BCUT2D eigenvalue weighted by Crippen LogP contribution is -2.35. The van der Waals surface area contributed by atoms with Gasteiger partial charge in [0.15, 0.2) is 6.61 Å². The molecule has 0 amide bonds. The van der Waals surface area contributed by atoms with Crippen molar-refractivity contribution in [1.29, 1.82) is 0 Å². The molecule has 176 valence electrons. The van der Waals surface area contributed by atoms with Gasteiger partial charge in [0.1, 0.15) is 10.7 Å². The molecule has 0 spiro atoms. The lowest BCUT2D eigenvalue weighted by atomic mass is 10.1. The Kier molecular flexibility index (Phi) is 6.37. The highest BCUT2D eigenvalue weighted by Crippen LogP contribution is 2.38. The first-order valence-corrected chi connectivity index (χ1v) is 12.8. The van der Waals surface area contributed by atoms with Gasteiger partial charge in [-0.15, -0.1) is 4.40 Å². The van der Waals surface area contributed by atoms with Gasteiger partial charge in [0, 0.05) is 36.5 Å². The SMILES string of the molecule is CCn1c(C)cc(C(=O)COC(=O)c2cc3c(cc2Cl)N2CCCCCC2=NS3(=O)=O)c1C. The van der Waals surface area contributed by atoms with E-state index in [2.05, 4.69) is 4.40 Å². The third-order valence-corrected chi connectivity index (χ3v) is 7.83. The van der Waals surface area contributed by atoms with Crippen molar-refractivity contribution < 1.29 is 22.7 Å². The number of ketones is 1. The first-order valence-electron chi connectivity index (χ1n) is 11.0. The Balaban J connectivity index is 1.59. The molecule has 8 nitrogen and oxygen atoms in total. The standard InChI is InChI=1S/C23H26ClN3O5S/c1-4-26-14(2)10-16(15(26)3)20(28)13-32-23(29)17-11-21-19(12-18(17)24)27-9-7-5-6-8-22(27)25-33(21,30)31/h10-12H,4-9,13H2,1-3H3. The van der Waals surface area contributed by atoms with Crippen molar-refractivity contribution in [3.05, 3.63) is 45.7 Å². The van der Waals surface area contributed by atoms with Gasteiger partial charge < -0.3 is 14.2 Å². The number of fused-ring (bicyclic) bond motifs is 3. The molecule has 1 aromatic heterocycles. The van der Waals surface area contributed by atoms with Crippen LogP contribution in [0.5, 0.6) is 0 Å². The van der Waals surface area contributed by atoms with E-state index in [-0.39, 0.29) is 21.3 Å². The van der Waals surface area contributed by atoms with Crippen molar-refractivity contribution in [3.63, 3.8) is 0 Å². The third kappa shape index (κ3) is 4.31. The van der Waals surface area contributed by atoms with E-state index < -0.39 is 22.6 Å². The molecule has 0 atom stereocenters. The highest BCUT2D eigenvalue weighted by molar-refractivity contribution is 7.90. The summed E-state index contributed by atoms with van der Waals surface area (Å²) in [6.45, 7) is 6.62. The number of rotatable bonds is 5. The van der Waals surface area contributed by atoms with Gasteiger partial charge in [0.2, 0.25) is 5.78 Å². The molecular weight excluding hydrogens is 466 g/mol. The van der Waals surface area contributed by atoms with Crippen molar-refractivity contribution in [2.45, 2.75) is 57.9 Å². The normalized spacial score (nSPS) is 17.0. The summed E-state index contributed by atoms with van der Waals surface area (Å²) in [6, 6.07) is 4.44. The van der Waals surface area contributed by atoms with Crippen molar-refractivity contribution in [3.8, 4) is 0 Å². The Morgan fingerprint density at radius 1 is 1.12 bits per heavy atom. The van der Waals surface area contributed by atoms with E-state index in [1.165, 1.54) is 12.1 Å². The maximum atomic E-state index is 12.8. The lowest BCUT2D eigenvalue weighted by Gasteiger charge is -2.30. The second-order valence-corrected chi connectivity index (χ2v) is 10.3. The van der Waals surface area contributed by atoms with E-state index in [1.54, 1.807) is 6.07 Å². The van der Waals surface area contributed by atoms with Crippen LogP contribution in [0.15, 0.2) is 27.5 Å². The average Bonchev–Trinajstić information content (AvgIpc) is 2.90. The Morgan fingerprint density at radius 3 is 2.58 bits per heavy atom. The van der Waals surface area contributed by atoms with E-state index in [4.69, 9.17) is 16.3 Å². The fourth-order valence-electron chi connectivity index (χ4n) is 4.51. The number of aromatic nitrogens is 1. The Labute approximate surface area is 198 Å². The smallest absolute Gasteiger partial charge is 0.340 e. The van der Waals surface area contributed by atoms with Gasteiger partial charge in [-0.2, -0.15) is 8.42 Å². The average molecular weight is 492 g/mol. The number of carbonyl (C=O) groups excluding carboxylic acids is 2. The number of halogens is 1. The Hall–Kier alpha value is -2.65. The summed E-state index contributed by atoms with van der Waals surface area (Å²) in [7, 11) is -3.98. The lowest BCUT2D eigenvalue weighted by molar-refractivity contribution is 0.0474. The molecule has 2 aliphatic heterocycles. The molecule has 2 aromatic rings. The molecule has 0 radical (unpaired) electrons. The number of esters is 1. The van der Waals surface area contributed by atoms with E-state index in [9.17, 15) is 18.0 Å². The summed E-state index contributed by atoms with van der Waals surface area (Å²) in [5.74, 6) is -0.695. The molecule has 0 bridgehead atoms. The van der Waals surface area contributed by atoms with Gasteiger partial charge in [-0.3, -0.25) is 4.79 Å². The monoisotopic (exact) mass is 491 g/mol. The van der Waals surface area contributed by atoms with Gasteiger partial charge in [0.05, 0.1) is 16.3 Å². The molecule has 1 aromatic carbocycles. The highest BCUT2D eigenvalue weighted by atomic mass is 35.5. The van der Waals surface area contributed by atoms with Crippen LogP contribution in [0.3, 0.4) is 0 Å². The zero-order valence-corrected chi connectivity index (χ0v) is 20.4. The predicted octanol–water partition coefficient (Wildman–Crippen LogP) is 4.30. The van der Waals surface area contributed by atoms with Gasteiger partial charge in [-0.05, 0) is 51.8 Å². The number of hydrogen-bond acceptors (Lipinski definition) is 6. The van der Waals surface area contributed by atoms with E-state index in [0.29, 0.717) is 30.1 Å². The molecule has 0 unspecified atom stereocenters. The van der Waals surface area contributed by atoms with Crippen LogP contribution in [0, 0.1) is 13.8 Å². The van der Waals surface area contributed by atoms with Crippen molar-refractivity contribution in [2.24, 2.45) is 4.40 Å². The minimum Gasteiger partial charge on any atom is -0.454 e. The number of nitrogens with zero attached hydrogens (tertiary/aromatic N) is 3. The summed E-state index contributed by atoms with van der Waals surface area (Å²) < 4.78 is 36.8. The summed E-state index contributed by atoms with van der Waals surface area (Å²) >= 11 is 6.37. The summed E-state index contributed by atoms with van der Waals surface area (Å²) in [5.41, 5.74) is 2.55. The number of ether oxygens (including phenoxy) is 1. The maximum absolute atomic E-state index is 12.8. The number of Topliss-reactive ketones (excluding diaryl/α,β-unsaturated/α-hetero) is 1. The molecule has 10 heteroatoms. The second-order valence-electron chi connectivity index (χ2n) is 8.27. The first kappa shape index (κ1) is 23.5. The number of hydrogen-bond donors (Lipinski definition) is 0. The van der Waals surface area contributed by atoms with Crippen LogP contribution < -0.4 is 4.90 Å². The van der Waals surface area contributed by atoms with Crippen LogP contribution in [0.25, 0.3) is 0 Å². The van der Waals surface area contributed by atoms with Gasteiger partial charge in [-0.25, -0.2) is 4.79 Å². The molecule has 1 saturated heterocycles. The molecule has 0 N–H and O–H groups in total. The quantitative estimate of drug-likeness (QED) is 0.457. The predicted molar refractivity (Wildman–Crippen MR) is 126 cm³/mol. The Morgan fingerprint density at radius 2 is 1.88 bits per heavy atom. The molecule has 0 saturated carbocycles. The summed E-state index contributed by atoms with van der Waals surface area (Å²) in [6.07, 6.45) is 3.33. The van der Waals surface area contributed by atoms with E-state index in [0.717, 1.165) is 37.2 Å². The van der Waals surface area contributed by atoms with Crippen molar-refractivity contribution in [1.82, 2.24) is 4.57 Å². The van der Waals surface area contributed by atoms with Crippen LogP contribution in [0.4, 0.5) is 5.69 Å². The van der Waals surface area contributed by atoms with Crippen LogP contribution in [0.2, 0.25) is 5.02 Å². The summed E-state index contributed by atoms with van der Waals surface area (Å²) in [5, 5.41) is 0.0658. The number of amidine groups is 1. The van der Waals surface area contributed by atoms with Crippen LogP contribution >= 0.6 is 11.6 Å². The second kappa shape index (κ2) is 8.95. The van der Waals surface area contributed by atoms with Crippen LogP contribution in [0.1, 0.15) is 64.7 Å². The van der Waals surface area contributed by atoms with Crippen molar-refractivity contribution in [2.75, 3.05) is 18.1 Å². The summed E-state index contributed by atoms with van der Waals surface area (Å²) in [4.78, 5) is 27.2. The molecule has 3 heterocycles. The molecule has 4 rings (SSSR count). The zero-order chi connectivity index (χ0) is 23.9. The molecular formula is C23H26ClN3O5S. The fraction of sp³-hybridized carbons (Fsp3) is 0.435. The molecule has 33 heavy (non-hydrogen) atoms. The van der Waals surface area contributed by atoms with E-state index in [1.807, 2.05) is 30.2 Å². The molecule has 0 aliphatic carbocycles. The van der Waals surface area contributed by atoms with Gasteiger partial charge in [-0.1, -0.05) is 18.0 Å². The minimum absolute atomic E-state index is 0.0658. The maximum Gasteiger partial charge on any atom is 0.340 e. The number of carbonyl (C=O) groups is 2. The first-order chi connectivity index (χ1) is 15.6. The zero-order valence-electron chi connectivity index (χ0n) is 18.9. The molecule has 2 aliphatic rings. The Bertz CT molecular complexity index is 1280. The van der Waals surface area contributed by atoms with Crippen molar-refractivity contribution >= 4 is 44.9 Å². The number of aryl methyl sites for hydroxylation is 1. The molecule has 1 fully saturated rings. The highest BCUT2D eigenvalue weighted by Gasteiger charge is 2.33. The van der Waals surface area contributed by atoms with E-state index >= 15 is 0 Å². The van der Waals surface area contributed by atoms with Gasteiger partial charge in [0.25, 0.3) is 10.0 Å². The number of benzene rings is 1. The third-order valence-electron chi connectivity index (χ3n) is 6.18. The van der Waals surface area contributed by atoms with Crippen LogP contribution in [-0.4, -0.2) is 43.7 Å². The number of anilines is 1. The topological polar surface area (TPSA) is 98.0 Å². The number of sulfonamides is 1.